The second kappa shape index (κ2) is 7.20. The van der Waals surface area contributed by atoms with Crippen LogP contribution < -0.4 is 0 Å². The van der Waals surface area contributed by atoms with Crippen LogP contribution in [0.25, 0.3) is 0 Å². The highest BCUT2D eigenvalue weighted by Crippen LogP contribution is 2.15. The van der Waals surface area contributed by atoms with Gasteiger partial charge in [0, 0.05) is 0 Å². The van der Waals surface area contributed by atoms with Crippen molar-refractivity contribution in [2.45, 2.75) is 46.0 Å². The Kier molecular flexibility index (Phi) is 6.92. The van der Waals surface area contributed by atoms with E-state index in [-0.39, 0.29) is 11.9 Å². The van der Waals surface area contributed by atoms with E-state index >= 15 is 0 Å². The molecule has 0 aliphatic heterocycles. The molecule has 0 amide bonds. The van der Waals surface area contributed by atoms with Crippen LogP contribution in [0.1, 0.15) is 46.0 Å². The van der Waals surface area contributed by atoms with E-state index in [1.807, 2.05) is 0 Å². The molecule has 0 aromatic rings. The van der Waals surface area contributed by atoms with E-state index in [4.69, 9.17) is 8.05 Å². The molecule has 1 unspecified atom stereocenters. The van der Waals surface area contributed by atoms with Gasteiger partial charge in [0.2, 0.25) is 0 Å². The normalized spacial score (nSPS) is 12.5. The zero-order chi connectivity index (χ0) is 9.40. The lowest BCUT2D eigenvalue weighted by atomic mass is 9.97. The van der Waals surface area contributed by atoms with Crippen molar-refractivity contribution >= 4 is 14.0 Å². The van der Waals surface area contributed by atoms with Crippen molar-refractivity contribution in [2.75, 3.05) is 0 Å². The lowest BCUT2D eigenvalue weighted by Gasteiger charge is -2.12. The number of carbonyl (C=O) groups excluding carboxylic acids is 1. The van der Waals surface area contributed by atoms with Crippen LogP contribution in [0.2, 0.25) is 0 Å². The van der Waals surface area contributed by atoms with E-state index in [0.717, 1.165) is 32.1 Å². The number of unbranched alkanes of at least 4 members (excludes halogenated alkanes) is 1. The van der Waals surface area contributed by atoms with Crippen LogP contribution in [0, 0.1) is 5.92 Å². The first-order valence-electron chi connectivity index (χ1n) is 4.66. The van der Waals surface area contributed by atoms with Gasteiger partial charge in [0.25, 0.3) is 5.97 Å². The summed E-state index contributed by atoms with van der Waals surface area (Å²) in [7, 11) is 4.83. The Balaban J connectivity index is 3.76. The highest BCUT2D eigenvalue weighted by Gasteiger charge is 2.16. The molecule has 0 N–H and O–H groups in total. The van der Waals surface area contributed by atoms with Crippen molar-refractivity contribution < 1.29 is 9.45 Å². The fraction of sp³-hybridized carbons (Fsp3) is 0.889. The fourth-order valence-corrected chi connectivity index (χ4v) is 1.28. The number of hydrogen-bond acceptors (Lipinski definition) is 2. The maximum atomic E-state index is 11.1. The maximum Gasteiger partial charge on any atom is 0.378 e. The summed E-state index contributed by atoms with van der Waals surface area (Å²) < 4.78 is 4.22. The van der Waals surface area contributed by atoms with Crippen molar-refractivity contribution in [3.05, 3.63) is 0 Å². The van der Waals surface area contributed by atoms with Crippen LogP contribution in [-0.4, -0.2) is 14.0 Å². The van der Waals surface area contributed by atoms with Crippen molar-refractivity contribution in [2.24, 2.45) is 5.92 Å². The van der Waals surface area contributed by atoms with Crippen LogP contribution in [0.5, 0.6) is 0 Å². The summed E-state index contributed by atoms with van der Waals surface area (Å²) in [6, 6.07) is 0. The quantitative estimate of drug-likeness (QED) is 0.568. The predicted molar refractivity (Wildman–Crippen MR) is 49.8 cm³/mol. The predicted octanol–water partition coefficient (Wildman–Crippen LogP) is 2.22. The second-order valence-corrected chi connectivity index (χ2v) is 3.06. The third-order valence-corrected chi connectivity index (χ3v) is 1.99. The van der Waals surface area contributed by atoms with Crippen molar-refractivity contribution in [3.63, 3.8) is 0 Å². The molecule has 0 spiro atoms. The van der Waals surface area contributed by atoms with Gasteiger partial charge in [-0.2, -0.15) is 0 Å². The van der Waals surface area contributed by atoms with Gasteiger partial charge in [-0.15, -0.1) is 0 Å². The Bertz CT molecular complexity index is 126. The Morgan fingerprint density at radius 2 is 2.00 bits per heavy atom. The summed E-state index contributed by atoms with van der Waals surface area (Å²) >= 11 is 0. The van der Waals surface area contributed by atoms with Gasteiger partial charge in [-0.25, -0.2) is 0 Å². The summed E-state index contributed by atoms with van der Waals surface area (Å²) in [6.45, 7) is 4.17. The van der Waals surface area contributed by atoms with E-state index in [1.165, 1.54) is 0 Å². The second-order valence-electron chi connectivity index (χ2n) is 3.06. The van der Waals surface area contributed by atoms with E-state index in [0.29, 0.717) is 0 Å². The van der Waals surface area contributed by atoms with Crippen molar-refractivity contribution in [3.8, 4) is 0 Å². The molecule has 0 fully saturated rings. The number of rotatable bonds is 6. The summed E-state index contributed by atoms with van der Waals surface area (Å²) in [6.07, 6.45) is 4.97. The average Bonchev–Trinajstić information content (AvgIpc) is 2.11. The van der Waals surface area contributed by atoms with Gasteiger partial charge < -0.3 is 4.65 Å². The van der Waals surface area contributed by atoms with Gasteiger partial charge >= 0.3 is 8.05 Å². The molecule has 0 aromatic carbocycles. The molecular formula is C9H17BO2. The van der Waals surface area contributed by atoms with E-state index in [2.05, 4.69) is 18.5 Å². The zero-order valence-corrected chi connectivity index (χ0v) is 8.01. The van der Waals surface area contributed by atoms with E-state index in [9.17, 15) is 4.79 Å². The molecule has 0 saturated heterocycles. The molecule has 0 rings (SSSR count). The third kappa shape index (κ3) is 4.42. The Labute approximate surface area is 76.1 Å². The molecule has 0 bridgehead atoms. The average molecular weight is 168 g/mol. The fourth-order valence-electron chi connectivity index (χ4n) is 1.28. The molecule has 3 heteroatoms. The number of carbonyl (C=O) groups is 1. The molecule has 12 heavy (non-hydrogen) atoms. The first-order valence-corrected chi connectivity index (χ1v) is 4.66. The molecule has 0 aliphatic rings. The lowest BCUT2D eigenvalue weighted by Crippen LogP contribution is -2.16. The Morgan fingerprint density at radius 3 is 2.42 bits per heavy atom. The van der Waals surface area contributed by atoms with Gasteiger partial charge in [0.05, 0.1) is 5.92 Å². The van der Waals surface area contributed by atoms with Crippen LogP contribution in [0.3, 0.4) is 0 Å². The lowest BCUT2D eigenvalue weighted by molar-refractivity contribution is -0.139. The summed E-state index contributed by atoms with van der Waals surface area (Å²) in [5, 5.41) is 0. The molecule has 2 radical (unpaired) electrons. The van der Waals surface area contributed by atoms with Crippen molar-refractivity contribution in [1.82, 2.24) is 0 Å². The van der Waals surface area contributed by atoms with Gasteiger partial charge in [-0.3, -0.25) is 4.79 Å². The van der Waals surface area contributed by atoms with Gasteiger partial charge in [0.15, 0.2) is 0 Å². The molecule has 1 atom stereocenters. The molecule has 0 heterocycles. The Morgan fingerprint density at radius 1 is 1.33 bits per heavy atom. The van der Waals surface area contributed by atoms with E-state index < -0.39 is 0 Å². The molecule has 0 aliphatic carbocycles. The molecule has 68 valence electrons. The minimum absolute atomic E-state index is 0.0138. The minimum atomic E-state index is -0.259. The molecular weight excluding hydrogens is 151 g/mol. The molecule has 0 aromatic heterocycles. The topological polar surface area (TPSA) is 26.3 Å². The Hall–Kier alpha value is -0.465. The monoisotopic (exact) mass is 168 g/mol. The minimum Gasteiger partial charge on any atom is -0.543 e. The van der Waals surface area contributed by atoms with Crippen LogP contribution in [-0.2, 0) is 9.45 Å². The summed E-state index contributed by atoms with van der Waals surface area (Å²) in [5.74, 6) is -0.245. The summed E-state index contributed by atoms with van der Waals surface area (Å²) in [5.41, 5.74) is 0. The van der Waals surface area contributed by atoms with Crippen molar-refractivity contribution in [1.29, 1.82) is 0 Å². The van der Waals surface area contributed by atoms with Gasteiger partial charge in [0.1, 0.15) is 0 Å². The van der Waals surface area contributed by atoms with Crippen LogP contribution in [0.4, 0.5) is 0 Å². The maximum absolute atomic E-state index is 11.1. The number of hydrogen-bond donors (Lipinski definition) is 0. The summed E-state index contributed by atoms with van der Waals surface area (Å²) in [4.78, 5) is 11.1. The van der Waals surface area contributed by atoms with E-state index in [1.54, 1.807) is 0 Å². The molecule has 0 saturated carbocycles. The first kappa shape index (κ1) is 11.5. The van der Waals surface area contributed by atoms with Gasteiger partial charge in [-0.05, 0) is 12.8 Å². The largest absolute Gasteiger partial charge is 0.543 e. The third-order valence-electron chi connectivity index (χ3n) is 1.99. The highest BCUT2D eigenvalue weighted by atomic mass is 16.5. The highest BCUT2D eigenvalue weighted by molar-refractivity contribution is 6.05. The first-order chi connectivity index (χ1) is 5.76. The van der Waals surface area contributed by atoms with Crippen LogP contribution in [0.15, 0.2) is 0 Å². The standard InChI is InChI=1S/C9H17BO2/c1-3-5-7-8(6-4-2)9(11)12-10/h8H,3-7H2,1-2H3. The smallest absolute Gasteiger partial charge is 0.378 e. The van der Waals surface area contributed by atoms with Crippen LogP contribution >= 0.6 is 0 Å². The van der Waals surface area contributed by atoms with Gasteiger partial charge in [-0.1, -0.05) is 33.1 Å². The SMILES string of the molecule is [B]OC(=O)C(CCC)CCCC. The molecule has 2 nitrogen and oxygen atoms in total. The zero-order valence-electron chi connectivity index (χ0n) is 8.01.